The fourth-order valence-corrected chi connectivity index (χ4v) is 3.70. The van der Waals surface area contributed by atoms with Crippen LogP contribution in [0.4, 0.5) is 0 Å². The molecule has 2 nitrogen and oxygen atoms in total. The Hall–Kier alpha value is -1.02. The van der Waals surface area contributed by atoms with Crippen LogP contribution in [0, 0.1) is 5.92 Å². The number of hydrogen-bond donors (Lipinski definition) is 0. The molecule has 0 aromatic heterocycles. The normalized spacial score (nSPS) is 32.4. The highest BCUT2D eigenvalue weighted by Gasteiger charge is 2.30. The van der Waals surface area contributed by atoms with Crippen molar-refractivity contribution in [3.63, 3.8) is 0 Å². The average molecular weight is 258 g/mol. The van der Waals surface area contributed by atoms with Crippen LogP contribution in [-0.4, -0.2) is 35.6 Å². The predicted octanol–water partition coefficient (Wildman–Crippen LogP) is 3.54. The van der Waals surface area contributed by atoms with Crippen molar-refractivity contribution in [1.82, 2.24) is 9.80 Å². The third-order valence-electron chi connectivity index (χ3n) is 4.89. The van der Waals surface area contributed by atoms with Gasteiger partial charge in [0, 0.05) is 24.8 Å². The van der Waals surface area contributed by atoms with Gasteiger partial charge in [-0.2, -0.15) is 0 Å². The fraction of sp³-hybridized carbons (Fsp3) is 0.647. The first kappa shape index (κ1) is 13.0. The van der Waals surface area contributed by atoms with Crippen LogP contribution < -0.4 is 0 Å². The van der Waals surface area contributed by atoms with Gasteiger partial charge in [-0.15, -0.1) is 0 Å². The molecule has 0 amide bonds. The molecule has 0 saturated carbocycles. The molecule has 0 radical (unpaired) electrons. The van der Waals surface area contributed by atoms with Gasteiger partial charge in [-0.1, -0.05) is 30.7 Å². The van der Waals surface area contributed by atoms with Crippen LogP contribution in [0.15, 0.2) is 35.6 Å². The molecule has 0 spiro atoms. The Morgan fingerprint density at radius 2 is 2.16 bits per heavy atom. The quantitative estimate of drug-likeness (QED) is 0.699. The minimum absolute atomic E-state index is 0.688. The lowest BCUT2D eigenvalue weighted by Crippen LogP contribution is -2.37. The first-order valence-corrected chi connectivity index (χ1v) is 7.78. The Morgan fingerprint density at radius 1 is 1.26 bits per heavy atom. The van der Waals surface area contributed by atoms with Crippen molar-refractivity contribution in [1.29, 1.82) is 0 Å². The molecule has 0 aromatic rings. The zero-order chi connectivity index (χ0) is 13.2. The second kappa shape index (κ2) is 5.54. The predicted molar refractivity (Wildman–Crippen MR) is 80.7 cm³/mol. The van der Waals surface area contributed by atoms with Gasteiger partial charge in [0.25, 0.3) is 0 Å². The van der Waals surface area contributed by atoms with E-state index in [0.717, 1.165) is 6.67 Å². The van der Waals surface area contributed by atoms with Crippen molar-refractivity contribution < 1.29 is 0 Å². The van der Waals surface area contributed by atoms with E-state index in [2.05, 4.69) is 48.0 Å². The van der Waals surface area contributed by atoms with Gasteiger partial charge in [-0.3, -0.25) is 4.90 Å². The summed E-state index contributed by atoms with van der Waals surface area (Å²) in [6.07, 6.45) is 14.5. The van der Waals surface area contributed by atoms with Crippen molar-refractivity contribution in [2.45, 2.75) is 45.6 Å². The van der Waals surface area contributed by atoms with Gasteiger partial charge in [0.05, 0.1) is 6.67 Å². The highest BCUT2D eigenvalue weighted by molar-refractivity contribution is 5.21. The largest absolute Gasteiger partial charge is 0.360 e. The lowest BCUT2D eigenvalue weighted by molar-refractivity contribution is 0.209. The molecule has 0 unspecified atom stereocenters. The van der Waals surface area contributed by atoms with Gasteiger partial charge in [0.15, 0.2) is 0 Å². The first-order valence-electron chi connectivity index (χ1n) is 7.78. The van der Waals surface area contributed by atoms with Gasteiger partial charge < -0.3 is 4.90 Å². The summed E-state index contributed by atoms with van der Waals surface area (Å²) in [6, 6.07) is 0.703. The number of rotatable bonds is 2. The van der Waals surface area contributed by atoms with E-state index in [4.69, 9.17) is 0 Å². The van der Waals surface area contributed by atoms with Gasteiger partial charge in [0.1, 0.15) is 0 Å². The van der Waals surface area contributed by atoms with E-state index in [1.807, 2.05) is 0 Å². The Kier molecular flexibility index (Phi) is 3.79. The standard InChI is InChI=1S/C17H26N2/c1-14-7-3-5-9-16(14)18-11-12-19(13-18)17-10-6-4-8-15(17)2/h3,5,8-9,14,17H,4,6-7,10-13H2,1-2H3/t14-,17+/m0/s1. The zero-order valence-electron chi connectivity index (χ0n) is 12.3. The molecule has 104 valence electrons. The van der Waals surface area contributed by atoms with Crippen molar-refractivity contribution in [2.75, 3.05) is 19.8 Å². The summed E-state index contributed by atoms with van der Waals surface area (Å²) < 4.78 is 0. The van der Waals surface area contributed by atoms with Crippen LogP contribution in [0.25, 0.3) is 0 Å². The lowest BCUT2D eigenvalue weighted by atomic mass is 9.94. The van der Waals surface area contributed by atoms with Crippen molar-refractivity contribution in [2.24, 2.45) is 5.92 Å². The zero-order valence-corrected chi connectivity index (χ0v) is 12.3. The summed E-state index contributed by atoms with van der Waals surface area (Å²) >= 11 is 0. The minimum Gasteiger partial charge on any atom is -0.360 e. The third-order valence-corrected chi connectivity index (χ3v) is 4.89. The number of hydrogen-bond acceptors (Lipinski definition) is 2. The molecule has 1 saturated heterocycles. The highest BCUT2D eigenvalue weighted by atomic mass is 15.4. The van der Waals surface area contributed by atoms with Gasteiger partial charge in [-0.25, -0.2) is 0 Å². The molecule has 2 aliphatic carbocycles. The van der Waals surface area contributed by atoms with Crippen molar-refractivity contribution >= 4 is 0 Å². The molecule has 1 heterocycles. The van der Waals surface area contributed by atoms with Crippen molar-refractivity contribution in [3.05, 3.63) is 35.6 Å². The molecule has 2 atom stereocenters. The molecule has 0 aromatic carbocycles. The second-order valence-corrected chi connectivity index (χ2v) is 6.27. The second-order valence-electron chi connectivity index (χ2n) is 6.27. The SMILES string of the molecule is CC1=CCCC[C@H]1N1CCN(C2=CC=CC[C@@H]2C)C1. The minimum atomic E-state index is 0.688. The maximum absolute atomic E-state index is 2.68. The highest BCUT2D eigenvalue weighted by Crippen LogP contribution is 2.29. The summed E-state index contributed by atoms with van der Waals surface area (Å²) in [5.74, 6) is 0.688. The van der Waals surface area contributed by atoms with Crippen LogP contribution >= 0.6 is 0 Å². The molecule has 19 heavy (non-hydrogen) atoms. The van der Waals surface area contributed by atoms with Crippen LogP contribution in [-0.2, 0) is 0 Å². The van der Waals surface area contributed by atoms with Crippen LogP contribution in [0.5, 0.6) is 0 Å². The van der Waals surface area contributed by atoms with E-state index in [9.17, 15) is 0 Å². The Bertz CT molecular complexity index is 419. The van der Waals surface area contributed by atoms with Crippen LogP contribution in [0.3, 0.4) is 0 Å². The molecule has 2 heteroatoms. The third kappa shape index (κ3) is 2.64. The smallest absolute Gasteiger partial charge is 0.0710 e. The van der Waals surface area contributed by atoms with Crippen molar-refractivity contribution in [3.8, 4) is 0 Å². The average Bonchev–Trinajstić information content (AvgIpc) is 2.89. The van der Waals surface area contributed by atoms with E-state index in [0.29, 0.717) is 12.0 Å². The molecular formula is C17H26N2. The maximum atomic E-state index is 2.68. The molecule has 0 N–H and O–H groups in total. The van der Waals surface area contributed by atoms with Gasteiger partial charge in [0.2, 0.25) is 0 Å². The molecule has 1 fully saturated rings. The Balaban J connectivity index is 1.67. The molecule has 1 aliphatic heterocycles. The topological polar surface area (TPSA) is 6.48 Å². The number of allylic oxidation sites excluding steroid dienone is 5. The molecule has 0 bridgehead atoms. The van der Waals surface area contributed by atoms with Gasteiger partial charge >= 0.3 is 0 Å². The summed E-state index contributed by atoms with van der Waals surface area (Å²) in [5, 5.41) is 0. The van der Waals surface area contributed by atoms with E-state index in [1.165, 1.54) is 38.8 Å². The molecule has 3 aliphatic rings. The van der Waals surface area contributed by atoms with E-state index >= 15 is 0 Å². The molecular weight excluding hydrogens is 232 g/mol. The summed E-state index contributed by atoms with van der Waals surface area (Å²) in [4.78, 5) is 5.27. The van der Waals surface area contributed by atoms with Crippen LogP contribution in [0.1, 0.15) is 39.5 Å². The Labute approximate surface area is 117 Å². The first-order chi connectivity index (χ1) is 9.25. The summed E-state index contributed by atoms with van der Waals surface area (Å²) in [5.41, 5.74) is 3.14. The monoisotopic (exact) mass is 258 g/mol. The summed E-state index contributed by atoms with van der Waals surface area (Å²) in [7, 11) is 0. The summed E-state index contributed by atoms with van der Waals surface area (Å²) in [6.45, 7) is 8.22. The van der Waals surface area contributed by atoms with E-state index in [1.54, 1.807) is 11.3 Å². The van der Waals surface area contributed by atoms with E-state index < -0.39 is 0 Å². The Morgan fingerprint density at radius 3 is 2.95 bits per heavy atom. The lowest BCUT2D eigenvalue weighted by Gasteiger charge is -2.33. The maximum Gasteiger partial charge on any atom is 0.0710 e. The fourth-order valence-electron chi connectivity index (χ4n) is 3.70. The number of nitrogens with zero attached hydrogens (tertiary/aromatic N) is 2. The van der Waals surface area contributed by atoms with E-state index in [-0.39, 0.29) is 0 Å². The molecule has 3 rings (SSSR count). The van der Waals surface area contributed by atoms with Crippen LogP contribution in [0.2, 0.25) is 0 Å². The van der Waals surface area contributed by atoms with Gasteiger partial charge in [-0.05, 0) is 44.6 Å².